The molecule has 0 radical (unpaired) electrons. The number of anilines is 2. The van der Waals surface area contributed by atoms with E-state index in [1.807, 2.05) is 42.8 Å². The van der Waals surface area contributed by atoms with Crippen molar-refractivity contribution in [2.45, 2.75) is 19.3 Å². The minimum absolute atomic E-state index is 0.0499. The van der Waals surface area contributed by atoms with E-state index in [0.29, 0.717) is 23.8 Å². The molecule has 7 heteroatoms. The fraction of sp³-hybridized carbons (Fsp3) is 0.389. The molecular weight excluding hydrogens is 336 g/mol. The molecule has 2 amide bonds. The summed E-state index contributed by atoms with van der Waals surface area (Å²) in [6, 6.07) is 10.1. The third-order valence-electron chi connectivity index (χ3n) is 4.15. The van der Waals surface area contributed by atoms with Crippen LogP contribution in [0.3, 0.4) is 0 Å². The Labute approximate surface area is 151 Å². The van der Waals surface area contributed by atoms with Gasteiger partial charge >= 0.3 is 0 Å². The van der Waals surface area contributed by atoms with Crippen molar-refractivity contribution in [2.24, 2.45) is 0 Å². The topological polar surface area (TPSA) is 65.5 Å². The van der Waals surface area contributed by atoms with E-state index in [0.717, 1.165) is 25.2 Å². The Kier molecular flexibility index (Phi) is 5.65. The first-order valence-corrected chi connectivity index (χ1v) is 9.29. The minimum atomic E-state index is -0.0499. The largest absolute Gasteiger partial charge is 0.373 e. The second kappa shape index (κ2) is 8.11. The van der Waals surface area contributed by atoms with Gasteiger partial charge in [0.1, 0.15) is 0 Å². The molecule has 2 aromatic rings. The SMILES string of the molecule is CN(CCNC(=O)Cc1csc(N2CCCC2=O)n1)c1ccccc1. The summed E-state index contributed by atoms with van der Waals surface area (Å²) in [6.07, 6.45) is 1.71. The molecule has 0 unspecified atom stereocenters. The average Bonchev–Trinajstić information content (AvgIpc) is 3.24. The van der Waals surface area contributed by atoms with Crippen LogP contribution in [-0.4, -0.2) is 43.5 Å². The maximum absolute atomic E-state index is 12.1. The first kappa shape index (κ1) is 17.4. The number of nitrogens with zero attached hydrogens (tertiary/aromatic N) is 3. The normalized spacial score (nSPS) is 14.0. The zero-order chi connectivity index (χ0) is 17.6. The second-order valence-corrected chi connectivity index (χ2v) is 6.89. The number of carbonyl (C=O) groups excluding carboxylic acids is 2. The number of likely N-dealkylation sites (N-methyl/N-ethyl adjacent to an activating group) is 1. The summed E-state index contributed by atoms with van der Waals surface area (Å²) in [5, 5.41) is 5.48. The number of aromatic nitrogens is 1. The predicted molar refractivity (Wildman–Crippen MR) is 100 cm³/mol. The van der Waals surface area contributed by atoms with Crippen LogP contribution in [0, 0.1) is 0 Å². The van der Waals surface area contributed by atoms with Gasteiger partial charge in [0.25, 0.3) is 0 Å². The molecule has 2 heterocycles. The highest BCUT2D eigenvalue weighted by Gasteiger charge is 2.24. The molecule has 1 saturated heterocycles. The summed E-state index contributed by atoms with van der Waals surface area (Å²) < 4.78 is 0. The van der Waals surface area contributed by atoms with Gasteiger partial charge in [-0.25, -0.2) is 4.98 Å². The Morgan fingerprint density at radius 1 is 1.36 bits per heavy atom. The minimum Gasteiger partial charge on any atom is -0.373 e. The molecule has 3 rings (SSSR count). The molecule has 25 heavy (non-hydrogen) atoms. The molecule has 1 aliphatic rings. The number of amides is 2. The van der Waals surface area contributed by atoms with Crippen molar-refractivity contribution in [2.75, 3.05) is 36.5 Å². The highest BCUT2D eigenvalue weighted by atomic mass is 32.1. The molecule has 1 N–H and O–H groups in total. The first-order valence-electron chi connectivity index (χ1n) is 8.41. The van der Waals surface area contributed by atoms with E-state index in [4.69, 9.17) is 0 Å². The fourth-order valence-corrected chi connectivity index (χ4v) is 3.62. The summed E-state index contributed by atoms with van der Waals surface area (Å²) in [5.74, 6) is 0.0698. The lowest BCUT2D eigenvalue weighted by Crippen LogP contribution is -2.33. The molecule has 6 nitrogen and oxygen atoms in total. The molecule has 0 saturated carbocycles. The van der Waals surface area contributed by atoms with Crippen molar-refractivity contribution >= 4 is 34.0 Å². The van der Waals surface area contributed by atoms with Crippen LogP contribution in [0.25, 0.3) is 0 Å². The molecule has 1 aromatic carbocycles. The maximum atomic E-state index is 12.1. The summed E-state index contributed by atoms with van der Waals surface area (Å²) in [7, 11) is 2.00. The highest BCUT2D eigenvalue weighted by molar-refractivity contribution is 7.14. The van der Waals surface area contributed by atoms with E-state index in [9.17, 15) is 9.59 Å². The van der Waals surface area contributed by atoms with Crippen LogP contribution in [0.5, 0.6) is 0 Å². The second-order valence-electron chi connectivity index (χ2n) is 6.05. The van der Waals surface area contributed by atoms with Crippen LogP contribution in [0.2, 0.25) is 0 Å². The van der Waals surface area contributed by atoms with Crippen molar-refractivity contribution in [1.82, 2.24) is 10.3 Å². The van der Waals surface area contributed by atoms with E-state index < -0.39 is 0 Å². The van der Waals surface area contributed by atoms with Crippen molar-refractivity contribution < 1.29 is 9.59 Å². The van der Waals surface area contributed by atoms with Gasteiger partial charge in [-0.1, -0.05) is 18.2 Å². The molecule has 0 atom stereocenters. The Balaban J connectivity index is 1.44. The zero-order valence-corrected chi connectivity index (χ0v) is 15.1. The molecule has 1 aromatic heterocycles. The number of carbonyl (C=O) groups is 2. The predicted octanol–water partition coefficient (Wildman–Crippen LogP) is 2.06. The van der Waals surface area contributed by atoms with Gasteiger partial charge in [-0.2, -0.15) is 0 Å². The van der Waals surface area contributed by atoms with E-state index in [2.05, 4.69) is 15.2 Å². The number of rotatable bonds is 7. The zero-order valence-electron chi connectivity index (χ0n) is 14.3. The van der Waals surface area contributed by atoms with Crippen LogP contribution in [0.15, 0.2) is 35.7 Å². The van der Waals surface area contributed by atoms with Gasteiger partial charge in [-0.15, -0.1) is 11.3 Å². The maximum Gasteiger partial charge on any atom is 0.228 e. The Bertz CT molecular complexity index is 732. The van der Waals surface area contributed by atoms with E-state index in [-0.39, 0.29) is 18.2 Å². The van der Waals surface area contributed by atoms with Crippen LogP contribution < -0.4 is 15.1 Å². The number of para-hydroxylation sites is 1. The lowest BCUT2D eigenvalue weighted by Gasteiger charge is -2.19. The first-order chi connectivity index (χ1) is 12.1. The summed E-state index contributed by atoms with van der Waals surface area (Å²) in [4.78, 5) is 32.0. The summed E-state index contributed by atoms with van der Waals surface area (Å²) in [5.41, 5.74) is 1.84. The van der Waals surface area contributed by atoms with Gasteiger partial charge in [-0.3, -0.25) is 14.5 Å². The van der Waals surface area contributed by atoms with Gasteiger partial charge in [0.2, 0.25) is 11.8 Å². The van der Waals surface area contributed by atoms with E-state index in [1.165, 1.54) is 11.3 Å². The van der Waals surface area contributed by atoms with Crippen molar-refractivity contribution in [3.8, 4) is 0 Å². The van der Waals surface area contributed by atoms with Gasteiger partial charge < -0.3 is 10.2 Å². The Hall–Kier alpha value is -2.41. The van der Waals surface area contributed by atoms with E-state index in [1.54, 1.807) is 4.90 Å². The van der Waals surface area contributed by atoms with Crippen molar-refractivity contribution in [3.05, 3.63) is 41.4 Å². The molecule has 0 aliphatic carbocycles. The van der Waals surface area contributed by atoms with Crippen LogP contribution >= 0.6 is 11.3 Å². The molecule has 1 aliphatic heterocycles. The number of benzene rings is 1. The molecular formula is C18H22N4O2S. The Morgan fingerprint density at radius 2 is 2.16 bits per heavy atom. The number of nitrogens with one attached hydrogen (secondary N) is 1. The lowest BCUT2D eigenvalue weighted by atomic mass is 10.3. The highest BCUT2D eigenvalue weighted by Crippen LogP contribution is 2.25. The van der Waals surface area contributed by atoms with E-state index >= 15 is 0 Å². The van der Waals surface area contributed by atoms with Gasteiger partial charge in [0.05, 0.1) is 12.1 Å². The smallest absolute Gasteiger partial charge is 0.228 e. The summed E-state index contributed by atoms with van der Waals surface area (Å²) in [6.45, 7) is 2.04. The third kappa shape index (κ3) is 4.57. The molecule has 132 valence electrons. The molecule has 1 fully saturated rings. The molecule has 0 bridgehead atoms. The third-order valence-corrected chi connectivity index (χ3v) is 5.06. The fourth-order valence-electron chi connectivity index (χ4n) is 2.75. The standard InChI is InChI=1S/C18H22N4O2S/c1-21(15-6-3-2-4-7-15)11-9-19-16(23)12-14-13-25-18(20-14)22-10-5-8-17(22)24/h2-4,6-7,13H,5,8-12H2,1H3,(H,19,23). The quantitative estimate of drug-likeness (QED) is 0.823. The number of hydrogen-bond acceptors (Lipinski definition) is 5. The van der Waals surface area contributed by atoms with Gasteiger partial charge in [0, 0.05) is 44.2 Å². The Morgan fingerprint density at radius 3 is 2.88 bits per heavy atom. The van der Waals surface area contributed by atoms with Gasteiger partial charge in [-0.05, 0) is 18.6 Å². The number of thiazole rings is 1. The van der Waals surface area contributed by atoms with Crippen LogP contribution in [-0.2, 0) is 16.0 Å². The number of hydrogen-bond donors (Lipinski definition) is 1. The summed E-state index contributed by atoms with van der Waals surface area (Å²) >= 11 is 1.42. The average molecular weight is 358 g/mol. The monoisotopic (exact) mass is 358 g/mol. The van der Waals surface area contributed by atoms with Crippen molar-refractivity contribution in [3.63, 3.8) is 0 Å². The van der Waals surface area contributed by atoms with Crippen LogP contribution in [0.4, 0.5) is 10.8 Å². The molecule has 0 spiro atoms. The van der Waals surface area contributed by atoms with Gasteiger partial charge in [0.15, 0.2) is 5.13 Å². The lowest BCUT2D eigenvalue weighted by molar-refractivity contribution is -0.120. The van der Waals surface area contributed by atoms with Crippen molar-refractivity contribution in [1.29, 1.82) is 0 Å². The van der Waals surface area contributed by atoms with Crippen LogP contribution in [0.1, 0.15) is 18.5 Å².